The number of nitrogens with zero attached hydrogens (tertiary/aromatic N) is 3. The Hall–Kier alpha value is -2.59. The van der Waals surface area contributed by atoms with Crippen molar-refractivity contribution in [3.8, 4) is 0 Å². The van der Waals surface area contributed by atoms with E-state index in [4.69, 9.17) is 23.2 Å². The molecule has 3 rings (SSSR count). The summed E-state index contributed by atoms with van der Waals surface area (Å²) in [6, 6.07) is 3.75. The minimum Gasteiger partial charge on any atom is -0.481 e. The molecule has 0 aliphatic heterocycles. The number of hydrogen-bond acceptors (Lipinski definition) is 4. The molecular formula is C26H30Cl2F3N3O4. The van der Waals surface area contributed by atoms with E-state index in [0.717, 1.165) is 15.8 Å². The molecule has 1 aliphatic carbocycles. The highest BCUT2D eigenvalue weighted by atomic mass is 35.5. The standard InChI is InChI=1S/C26H30Cl2F3N3O4/c1-24(2,3)14-33(13-19(35)20-17(27)6-5-7-18(20)28)22(36)16-12-32-34(21(16)26(29,30)31)15-8-10-25(4,11-9-15)23(37)38/h5-7,12,15H,8-11,13-14H2,1-4H3,(H,37,38). The summed E-state index contributed by atoms with van der Waals surface area (Å²) in [6.07, 6.45) is -3.36. The number of alkyl halides is 3. The van der Waals surface area contributed by atoms with Gasteiger partial charge in [-0.2, -0.15) is 18.3 Å². The number of hydrogen-bond donors (Lipinski definition) is 1. The Bertz CT molecular complexity index is 1210. The third-order valence-electron chi connectivity index (χ3n) is 6.74. The Morgan fingerprint density at radius 3 is 2.16 bits per heavy atom. The SMILES string of the molecule is CC(C)(C)CN(CC(=O)c1c(Cl)cccc1Cl)C(=O)c1cnn(C2CCC(C)(C(=O)O)CC2)c1C(F)(F)F. The lowest BCUT2D eigenvalue weighted by Gasteiger charge is -2.34. The summed E-state index contributed by atoms with van der Waals surface area (Å²) in [5.41, 5.74) is -3.48. The molecule has 0 spiro atoms. The molecule has 12 heteroatoms. The van der Waals surface area contributed by atoms with E-state index in [0.29, 0.717) is 0 Å². The first kappa shape index (κ1) is 30.0. The average molecular weight is 576 g/mol. The zero-order chi connectivity index (χ0) is 28.6. The average Bonchev–Trinajstić information content (AvgIpc) is 3.23. The number of carboxylic acids is 1. The number of halogens is 5. The maximum atomic E-state index is 14.3. The fourth-order valence-electron chi connectivity index (χ4n) is 4.74. The summed E-state index contributed by atoms with van der Waals surface area (Å²) in [5, 5.41) is 13.5. The van der Waals surface area contributed by atoms with Gasteiger partial charge in [-0.05, 0) is 50.2 Å². The van der Waals surface area contributed by atoms with Crippen molar-refractivity contribution in [3.05, 3.63) is 51.3 Å². The largest absolute Gasteiger partial charge is 0.481 e. The maximum absolute atomic E-state index is 14.3. The van der Waals surface area contributed by atoms with Crippen LogP contribution in [0.25, 0.3) is 0 Å². The van der Waals surface area contributed by atoms with Crippen LogP contribution >= 0.6 is 23.2 Å². The van der Waals surface area contributed by atoms with Gasteiger partial charge in [0.2, 0.25) is 0 Å². The molecule has 1 aliphatic rings. The Kier molecular flexibility index (Phi) is 8.58. The molecule has 1 aromatic heterocycles. The molecule has 2 aromatic rings. The van der Waals surface area contributed by atoms with E-state index in [-0.39, 0.29) is 47.8 Å². The van der Waals surface area contributed by atoms with Gasteiger partial charge >= 0.3 is 12.1 Å². The molecule has 0 radical (unpaired) electrons. The number of aliphatic carboxylic acids is 1. The summed E-state index contributed by atoms with van der Waals surface area (Å²) < 4.78 is 43.8. The molecule has 1 amide bonds. The number of aromatic nitrogens is 2. The first-order valence-electron chi connectivity index (χ1n) is 12.1. The molecule has 1 aromatic carbocycles. The van der Waals surface area contributed by atoms with Crippen LogP contribution in [0, 0.1) is 10.8 Å². The van der Waals surface area contributed by atoms with Crippen LogP contribution in [0.1, 0.15) is 85.8 Å². The van der Waals surface area contributed by atoms with Gasteiger partial charge in [-0.3, -0.25) is 19.1 Å². The molecular weight excluding hydrogens is 546 g/mol. The molecule has 1 saturated carbocycles. The topological polar surface area (TPSA) is 92.5 Å². The van der Waals surface area contributed by atoms with Crippen molar-refractivity contribution in [3.63, 3.8) is 0 Å². The predicted octanol–water partition coefficient (Wildman–Crippen LogP) is 6.79. The van der Waals surface area contributed by atoms with Crippen molar-refractivity contribution in [2.75, 3.05) is 13.1 Å². The fraction of sp³-hybridized carbons (Fsp3) is 0.538. The lowest BCUT2D eigenvalue weighted by Crippen LogP contribution is -2.42. The van der Waals surface area contributed by atoms with Crippen molar-refractivity contribution < 1.29 is 32.7 Å². The van der Waals surface area contributed by atoms with Crippen molar-refractivity contribution >= 4 is 40.9 Å². The highest BCUT2D eigenvalue weighted by molar-refractivity contribution is 6.40. The van der Waals surface area contributed by atoms with Gasteiger partial charge in [0.05, 0.1) is 45.4 Å². The third-order valence-corrected chi connectivity index (χ3v) is 7.37. The number of benzene rings is 1. The zero-order valence-corrected chi connectivity index (χ0v) is 23.0. The van der Waals surface area contributed by atoms with Crippen LogP contribution in [-0.4, -0.2) is 50.5 Å². The van der Waals surface area contributed by atoms with Crippen LogP contribution in [0.2, 0.25) is 10.0 Å². The van der Waals surface area contributed by atoms with Crippen LogP contribution in [-0.2, 0) is 11.0 Å². The van der Waals surface area contributed by atoms with E-state index in [1.807, 2.05) is 0 Å². The van der Waals surface area contributed by atoms with Gasteiger partial charge in [0.1, 0.15) is 0 Å². The molecule has 1 N–H and O–H groups in total. The third kappa shape index (κ3) is 6.51. The number of rotatable bonds is 7. The van der Waals surface area contributed by atoms with Crippen LogP contribution in [0.15, 0.2) is 24.4 Å². The molecule has 208 valence electrons. The predicted molar refractivity (Wildman–Crippen MR) is 137 cm³/mol. The zero-order valence-electron chi connectivity index (χ0n) is 21.5. The molecule has 1 heterocycles. The summed E-state index contributed by atoms with van der Waals surface area (Å²) in [4.78, 5) is 39.3. The minimum absolute atomic E-state index is 0.0158. The number of carboxylic acid groups (broad SMARTS) is 1. The highest BCUT2D eigenvalue weighted by Gasteiger charge is 2.45. The Balaban J connectivity index is 1.98. The van der Waals surface area contributed by atoms with Crippen LogP contribution in [0.3, 0.4) is 0 Å². The van der Waals surface area contributed by atoms with Crippen LogP contribution in [0.5, 0.6) is 0 Å². The van der Waals surface area contributed by atoms with Crippen LogP contribution < -0.4 is 0 Å². The first-order valence-corrected chi connectivity index (χ1v) is 12.8. The molecule has 1 fully saturated rings. The van der Waals surface area contributed by atoms with Crippen molar-refractivity contribution in [1.82, 2.24) is 14.7 Å². The number of carbonyl (C=O) groups is 3. The minimum atomic E-state index is -4.92. The van der Waals surface area contributed by atoms with Gasteiger partial charge in [0.25, 0.3) is 5.91 Å². The second kappa shape index (κ2) is 10.9. The maximum Gasteiger partial charge on any atom is 0.433 e. The number of ketones is 1. The summed E-state index contributed by atoms with van der Waals surface area (Å²) >= 11 is 12.3. The second-order valence-electron chi connectivity index (χ2n) is 11.2. The van der Waals surface area contributed by atoms with Crippen LogP contribution in [0.4, 0.5) is 13.2 Å². The highest BCUT2D eigenvalue weighted by Crippen LogP contribution is 2.43. The number of Topliss-reactive ketones (excluding diaryl/α,β-unsaturated/α-hetero) is 1. The lowest BCUT2D eigenvalue weighted by molar-refractivity contribution is -0.152. The van der Waals surface area contributed by atoms with E-state index >= 15 is 0 Å². The van der Waals surface area contributed by atoms with E-state index in [9.17, 15) is 32.7 Å². The Morgan fingerprint density at radius 2 is 1.68 bits per heavy atom. The van der Waals surface area contributed by atoms with Gasteiger partial charge in [-0.15, -0.1) is 0 Å². The van der Waals surface area contributed by atoms with E-state index in [2.05, 4.69) is 5.10 Å². The van der Waals surface area contributed by atoms with Gasteiger partial charge in [-0.1, -0.05) is 50.0 Å². The smallest absolute Gasteiger partial charge is 0.433 e. The van der Waals surface area contributed by atoms with E-state index in [1.165, 1.54) is 12.1 Å². The number of carbonyl (C=O) groups excluding carboxylic acids is 2. The first-order chi connectivity index (χ1) is 17.4. The summed E-state index contributed by atoms with van der Waals surface area (Å²) in [5.74, 6) is -2.61. The molecule has 7 nitrogen and oxygen atoms in total. The number of amides is 1. The summed E-state index contributed by atoms with van der Waals surface area (Å²) in [6.45, 7) is 6.37. The second-order valence-corrected chi connectivity index (χ2v) is 12.0. The molecule has 0 saturated heterocycles. The van der Waals surface area contributed by atoms with Crippen molar-refractivity contribution in [2.45, 2.75) is 65.6 Å². The Morgan fingerprint density at radius 1 is 1.13 bits per heavy atom. The van der Waals surface area contributed by atoms with Gasteiger partial charge in [0, 0.05) is 6.54 Å². The van der Waals surface area contributed by atoms with Gasteiger partial charge < -0.3 is 10.0 Å². The normalized spacial score (nSPS) is 20.3. The van der Waals surface area contributed by atoms with Crippen molar-refractivity contribution in [2.24, 2.45) is 10.8 Å². The molecule has 38 heavy (non-hydrogen) atoms. The monoisotopic (exact) mass is 575 g/mol. The Labute approximate surface area is 228 Å². The summed E-state index contributed by atoms with van der Waals surface area (Å²) in [7, 11) is 0. The lowest BCUT2D eigenvalue weighted by atomic mass is 9.74. The van der Waals surface area contributed by atoms with E-state index < -0.39 is 58.5 Å². The van der Waals surface area contributed by atoms with Crippen molar-refractivity contribution in [1.29, 1.82) is 0 Å². The van der Waals surface area contributed by atoms with E-state index in [1.54, 1.807) is 33.8 Å². The molecule has 0 unspecified atom stereocenters. The van der Waals surface area contributed by atoms with Gasteiger partial charge in [-0.25, -0.2) is 0 Å². The fourth-order valence-corrected chi connectivity index (χ4v) is 5.34. The van der Waals surface area contributed by atoms with Gasteiger partial charge in [0.15, 0.2) is 11.5 Å². The quantitative estimate of drug-likeness (QED) is 0.367. The molecule has 0 bridgehead atoms. The molecule has 0 atom stereocenters.